The molecule has 0 spiro atoms. The van der Waals surface area contributed by atoms with Gasteiger partial charge in [-0.2, -0.15) is 31.4 Å². The van der Waals surface area contributed by atoms with Crippen LogP contribution in [-0.4, -0.2) is 25.1 Å². The molecule has 4 aromatic heterocycles. The monoisotopic (exact) mass is 501 g/mol. The molecule has 4 heterocycles. The van der Waals surface area contributed by atoms with E-state index in [2.05, 4.69) is 10.1 Å². The smallest absolute Gasteiger partial charge is 0.322 e. The lowest BCUT2D eigenvalue weighted by molar-refractivity contribution is -0.143. The van der Waals surface area contributed by atoms with Gasteiger partial charge in [0.15, 0.2) is 5.69 Å². The number of nitrogens with one attached hydrogen (secondary N) is 1. The van der Waals surface area contributed by atoms with Crippen molar-refractivity contribution in [1.82, 2.24) is 19.2 Å². The number of nitrogens with zero attached hydrogens (tertiary/aromatic N) is 4. The van der Waals surface area contributed by atoms with Crippen molar-refractivity contribution in [2.45, 2.75) is 12.4 Å². The highest BCUT2D eigenvalue weighted by atomic mass is 35.5. The summed E-state index contributed by atoms with van der Waals surface area (Å²) in [5, 5.41) is 5.60. The summed E-state index contributed by atoms with van der Waals surface area (Å²) in [6.07, 6.45) is -7.29. The van der Waals surface area contributed by atoms with Crippen molar-refractivity contribution in [2.24, 2.45) is 0 Å². The van der Waals surface area contributed by atoms with Crippen LogP contribution in [0.4, 0.5) is 32.0 Å². The largest absolute Gasteiger partial charge is 0.434 e. The highest BCUT2D eigenvalue weighted by Crippen LogP contribution is 2.36. The SMILES string of the molecule is O=C(Nc1ccnc(C(F)(F)F)c1)c1cnn(-c2cccn3c(=O)ccc(Cl)c23)c1C(F)(F)F. The van der Waals surface area contributed by atoms with E-state index in [1.165, 1.54) is 24.4 Å². The van der Waals surface area contributed by atoms with Gasteiger partial charge in [-0.05, 0) is 30.3 Å². The number of hydrogen-bond donors (Lipinski definition) is 1. The first-order valence-corrected chi connectivity index (χ1v) is 9.56. The van der Waals surface area contributed by atoms with Crippen LogP contribution in [0.2, 0.25) is 5.02 Å². The van der Waals surface area contributed by atoms with E-state index in [0.29, 0.717) is 16.9 Å². The molecule has 0 bridgehead atoms. The van der Waals surface area contributed by atoms with Crippen LogP contribution in [0, 0.1) is 0 Å². The van der Waals surface area contributed by atoms with Crippen molar-refractivity contribution < 1.29 is 31.1 Å². The third-order valence-electron chi connectivity index (χ3n) is 4.63. The summed E-state index contributed by atoms with van der Waals surface area (Å²) in [6.45, 7) is 0. The summed E-state index contributed by atoms with van der Waals surface area (Å²) in [5.41, 5.74) is -5.16. The molecular formula is C20H10ClF6N5O2. The molecule has 0 saturated heterocycles. The van der Waals surface area contributed by atoms with E-state index in [4.69, 9.17) is 11.6 Å². The van der Waals surface area contributed by atoms with Gasteiger partial charge in [0.25, 0.3) is 11.5 Å². The fourth-order valence-electron chi connectivity index (χ4n) is 3.22. The Morgan fingerprint density at radius 2 is 1.76 bits per heavy atom. The molecule has 34 heavy (non-hydrogen) atoms. The Labute approximate surface area is 190 Å². The second kappa shape index (κ2) is 8.17. The Balaban J connectivity index is 1.84. The van der Waals surface area contributed by atoms with Gasteiger partial charge in [0.1, 0.15) is 5.69 Å². The summed E-state index contributed by atoms with van der Waals surface area (Å²) in [6, 6.07) is 6.29. The number of pyridine rings is 3. The number of anilines is 1. The number of aromatic nitrogens is 4. The van der Waals surface area contributed by atoms with E-state index >= 15 is 0 Å². The maximum atomic E-state index is 14.0. The highest BCUT2D eigenvalue weighted by molar-refractivity contribution is 6.34. The second-order valence-corrected chi connectivity index (χ2v) is 7.24. The van der Waals surface area contributed by atoms with E-state index in [1.54, 1.807) is 0 Å². The zero-order valence-electron chi connectivity index (χ0n) is 16.4. The van der Waals surface area contributed by atoms with Gasteiger partial charge in [-0.3, -0.25) is 19.0 Å². The molecule has 176 valence electrons. The minimum absolute atomic E-state index is 0.0544. The predicted molar refractivity (Wildman–Crippen MR) is 108 cm³/mol. The topological polar surface area (TPSA) is 81.3 Å². The fraction of sp³-hybridized carbons (Fsp3) is 0.100. The van der Waals surface area contributed by atoms with Crippen LogP contribution in [0.3, 0.4) is 0 Å². The number of amides is 1. The number of rotatable bonds is 3. The molecule has 0 aliphatic rings. The average molecular weight is 502 g/mol. The Morgan fingerprint density at radius 3 is 2.44 bits per heavy atom. The van der Waals surface area contributed by atoms with Crippen molar-refractivity contribution in [3.05, 3.63) is 87.3 Å². The van der Waals surface area contributed by atoms with Gasteiger partial charge >= 0.3 is 12.4 Å². The molecule has 0 aliphatic heterocycles. The summed E-state index contributed by atoms with van der Waals surface area (Å²) in [4.78, 5) is 27.9. The third kappa shape index (κ3) is 4.21. The van der Waals surface area contributed by atoms with Gasteiger partial charge in [0.2, 0.25) is 0 Å². The quantitative estimate of drug-likeness (QED) is 0.408. The number of carbonyl (C=O) groups excluding carboxylic acids is 1. The second-order valence-electron chi connectivity index (χ2n) is 6.83. The van der Waals surface area contributed by atoms with Crippen LogP contribution in [0.15, 0.2) is 59.8 Å². The molecule has 7 nitrogen and oxygen atoms in total. The number of alkyl halides is 6. The van der Waals surface area contributed by atoms with E-state index < -0.39 is 46.5 Å². The summed E-state index contributed by atoms with van der Waals surface area (Å²) < 4.78 is 82.0. The van der Waals surface area contributed by atoms with Gasteiger partial charge in [-0.1, -0.05) is 11.6 Å². The van der Waals surface area contributed by atoms with Crippen LogP contribution in [0.25, 0.3) is 11.2 Å². The van der Waals surface area contributed by atoms with Gasteiger partial charge in [-0.15, -0.1) is 0 Å². The molecule has 0 unspecified atom stereocenters. The molecule has 1 N–H and O–H groups in total. The van der Waals surface area contributed by atoms with Crippen molar-refractivity contribution in [1.29, 1.82) is 0 Å². The van der Waals surface area contributed by atoms with Crippen molar-refractivity contribution in [2.75, 3.05) is 5.32 Å². The molecule has 1 amide bonds. The van der Waals surface area contributed by atoms with Crippen molar-refractivity contribution >= 4 is 28.7 Å². The Kier molecular flexibility index (Phi) is 5.59. The molecule has 0 atom stereocenters. The number of fused-ring (bicyclic) bond motifs is 1. The minimum Gasteiger partial charge on any atom is -0.322 e. The maximum absolute atomic E-state index is 14.0. The first-order valence-electron chi connectivity index (χ1n) is 9.18. The molecule has 0 fully saturated rings. The van der Waals surface area contributed by atoms with Gasteiger partial charge in [-0.25, -0.2) is 4.68 Å². The van der Waals surface area contributed by atoms with Gasteiger partial charge in [0.05, 0.1) is 28.0 Å². The van der Waals surface area contributed by atoms with Crippen LogP contribution < -0.4 is 10.9 Å². The maximum Gasteiger partial charge on any atom is 0.434 e. The molecular weight excluding hydrogens is 492 g/mol. The standard InChI is InChI=1S/C20H10ClF6N5O2/c21-12-3-4-15(33)31-7-1-2-13(16(12)31)32-17(20(25,26)27)11(9-29-32)18(34)30-10-5-6-28-14(8-10)19(22,23)24/h1-9H,(H,28,30,34). The molecule has 0 aromatic carbocycles. The molecule has 0 radical (unpaired) electrons. The first kappa shape index (κ1) is 23.3. The zero-order chi connectivity index (χ0) is 24.8. The van der Waals surface area contributed by atoms with Crippen LogP contribution >= 0.6 is 11.6 Å². The Hall–Kier alpha value is -3.87. The molecule has 14 heteroatoms. The highest BCUT2D eigenvalue weighted by Gasteiger charge is 2.41. The Morgan fingerprint density at radius 1 is 1.03 bits per heavy atom. The van der Waals surface area contributed by atoms with Crippen molar-refractivity contribution in [3.8, 4) is 5.69 Å². The van der Waals surface area contributed by atoms with Crippen LogP contribution in [0.5, 0.6) is 0 Å². The Bertz CT molecular complexity index is 1480. The molecule has 0 aliphatic carbocycles. The van der Waals surface area contributed by atoms with Gasteiger partial charge < -0.3 is 5.32 Å². The lowest BCUT2D eigenvalue weighted by Crippen LogP contribution is -2.22. The summed E-state index contributed by atoms with van der Waals surface area (Å²) in [7, 11) is 0. The number of carbonyl (C=O) groups is 1. The lowest BCUT2D eigenvalue weighted by atomic mass is 10.2. The zero-order valence-corrected chi connectivity index (χ0v) is 17.2. The molecule has 0 saturated carbocycles. The van der Waals surface area contributed by atoms with E-state index in [-0.39, 0.29) is 16.2 Å². The van der Waals surface area contributed by atoms with E-state index in [0.717, 1.165) is 22.7 Å². The number of hydrogen-bond acceptors (Lipinski definition) is 4. The van der Waals surface area contributed by atoms with E-state index in [9.17, 15) is 35.9 Å². The fourth-order valence-corrected chi connectivity index (χ4v) is 3.48. The lowest BCUT2D eigenvalue weighted by Gasteiger charge is -2.15. The minimum atomic E-state index is -5.12. The average Bonchev–Trinajstić information content (AvgIpc) is 3.21. The first-order chi connectivity index (χ1) is 15.9. The van der Waals surface area contributed by atoms with Crippen LogP contribution in [0.1, 0.15) is 21.7 Å². The van der Waals surface area contributed by atoms with E-state index in [1.807, 2.05) is 5.32 Å². The summed E-state index contributed by atoms with van der Waals surface area (Å²) in [5.74, 6) is -1.36. The third-order valence-corrected chi connectivity index (χ3v) is 4.93. The van der Waals surface area contributed by atoms with Crippen molar-refractivity contribution in [3.63, 3.8) is 0 Å². The predicted octanol–water partition coefficient (Wildman–Crippen LogP) is 4.82. The molecule has 4 rings (SSSR count). The van der Waals surface area contributed by atoms with Gasteiger partial charge in [0, 0.05) is 24.1 Å². The normalized spacial score (nSPS) is 12.2. The number of halogens is 7. The summed E-state index contributed by atoms with van der Waals surface area (Å²) >= 11 is 6.12. The van der Waals surface area contributed by atoms with Crippen LogP contribution in [-0.2, 0) is 12.4 Å². The molecule has 4 aromatic rings.